The van der Waals surface area contributed by atoms with Gasteiger partial charge in [0.1, 0.15) is 18.1 Å². The molecule has 1 aromatic heterocycles. The fourth-order valence-corrected chi connectivity index (χ4v) is 4.15. The number of para-hydroxylation sites is 1. The van der Waals surface area contributed by atoms with Crippen molar-refractivity contribution < 1.29 is 14.3 Å². The zero-order valence-corrected chi connectivity index (χ0v) is 18.2. The van der Waals surface area contributed by atoms with Gasteiger partial charge in [0.25, 0.3) is 5.91 Å². The van der Waals surface area contributed by atoms with Crippen LogP contribution in [0.2, 0.25) is 5.02 Å². The van der Waals surface area contributed by atoms with Crippen LogP contribution < -0.4 is 14.8 Å². The van der Waals surface area contributed by atoms with E-state index in [1.165, 1.54) is 0 Å². The molecule has 0 radical (unpaired) electrons. The normalized spacial score (nSPS) is 13.9. The van der Waals surface area contributed by atoms with E-state index in [2.05, 4.69) is 28.2 Å². The van der Waals surface area contributed by atoms with Crippen molar-refractivity contribution in [2.45, 2.75) is 6.54 Å². The molecule has 0 spiro atoms. The molecule has 4 aromatic rings. The number of aromatic nitrogens is 1. The highest BCUT2D eigenvalue weighted by Crippen LogP contribution is 2.36. The summed E-state index contributed by atoms with van der Waals surface area (Å²) in [5.74, 6) is 1.47. The molecule has 0 fully saturated rings. The summed E-state index contributed by atoms with van der Waals surface area (Å²) in [7, 11) is 1.64. The van der Waals surface area contributed by atoms with Crippen LogP contribution >= 0.6 is 11.6 Å². The van der Waals surface area contributed by atoms with Gasteiger partial charge in [-0.15, -0.1) is 0 Å². The summed E-state index contributed by atoms with van der Waals surface area (Å²) < 4.78 is 13.2. The number of amides is 1. The Balaban J connectivity index is 1.42. The maximum absolute atomic E-state index is 12.6. The summed E-state index contributed by atoms with van der Waals surface area (Å²) in [6.07, 6.45) is 4.01. The number of carbonyl (C=O) groups excluding carboxylic acids is 1. The molecule has 5 nitrogen and oxygen atoms in total. The SMILES string of the molecule is COc1ccc(OCCn2cc(C=C3C(=O)Nc4cc(Cl)ccc43)c3ccccc32)cc1. The van der Waals surface area contributed by atoms with Gasteiger partial charge in [-0.05, 0) is 48.5 Å². The molecule has 1 aliphatic rings. The van der Waals surface area contributed by atoms with E-state index in [1.54, 1.807) is 19.2 Å². The maximum atomic E-state index is 12.6. The Kier molecular flexibility index (Phi) is 5.33. The van der Waals surface area contributed by atoms with Crippen LogP contribution in [0.1, 0.15) is 11.1 Å². The maximum Gasteiger partial charge on any atom is 0.256 e. The Morgan fingerprint density at radius 2 is 1.81 bits per heavy atom. The van der Waals surface area contributed by atoms with E-state index in [9.17, 15) is 4.79 Å². The zero-order chi connectivity index (χ0) is 22.1. The molecule has 0 aliphatic carbocycles. The number of fused-ring (bicyclic) bond motifs is 2. The molecule has 1 aliphatic heterocycles. The van der Waals surface area contributed by atoms with Crippen molar-refractivity contribution in [2.75, 3.05) is 19.0 Å². The molecule has 0 saturated carbocycles. The lowest BCUT2D eigenvalue weighted by Gasteiger charge is -2.09. The molecule has 6 heteroatoms. The third kappa shape index (κ3) is 3.83. The Hall–Kier alpha value is -3.70. The summed E-state index contributed by atoms with van der Waals surface area (Å²) in [4.78, 5) is 12.6. The third-order valence-electron chi connectivity index (χ3n) is 5.54. The highest BCUT2D eigenvalue weighted by molar-refractivity contribution is 6.36. The third-order valence-corrected chi connectivity index (χ3v) is 5.78. The summed E-state index contributed by atoms with van der Waals surface area (Å²) in [5, 5.41) is 4.58. The number of rotatable bonds is 6. The van der Waals surface area contributed by atoms with Gasteiger partial charge in [0.05, 0.1) is 19.3 Å². The second-order valence-corrected chi connectivity index (χ2v) is 7.96. The van der Waals surface area contributed by atoms with Crippen molar-refractivity contribution in [3.63, 3.8) is 0 Å². The minimum atomic E-state index is -0.123. The van der Waals surface area contributed by atoms with Gasteiger partial charge in [-0.25, -0.2) is 0 Å². The number of methoxy groups -OCH3 is 1. The topological polar surface area (TPSA) is 52.5 Å². The van der Waals surface area contributed by atoms with Crippen LogP contribution in [-0.2, 0) is 11.3 Å². The van der Waals surface area contributed by atoms with Crippen molar-refractivity contribution in [1.29, 1.82) is 0 Å². The van der Waals surface area contributed by atoms with E-state index in [-0.39, 0.29) is 5.91 Å². The lowest BCUT2D eigenvalue weighted by molar-refractivity contribution is -0.110. The van der Waals surface area contributed by atoms with Crippen LogP contribution in [0.5, 0.6) is 11.5 Å². The number of ether oxygens (including phenoxy) is 2. The van der Waals surface area contributed by atoms with Gasteiger partial charge in [0.2, 0.25) is 0 Å². The molecule has 160 valence electrons. The molecule has 0 saturated heterocycles. The second-order valence-electron chi connectivity index (χ2n) is 7.52. The summed E-state index contributed by atoms with van der Waals surface area (Å²) >= 11 is 6.08. The van der Waals surface area contributed by atoms with E-state index in [1.807, 2.05) is 48.5 Å². The first-order valence-corrected chi connectivity index (χ1v) is 10.7. The van der Waals surface area contributed by atoms with Crippen LogP contribution in [0.3, 0.4) is 0 Å². The average Bonchev–Trinajstić information content (AvgIpc) is 3.31. The number of nitrogens with one attached hydrogen (secondary N) is 1. The van der Waals surface area contributed by atoms with Gasteiger partial charge in [-0.1, -0.05) is 35.9 Å². The second kappa shape index (κ2) is 8.44. The fourth-order valence-electron chi connectivity index (χ4n) is 3.97. The smallest absolute Gasteiger partial charge is 0.256 e. The monoisotopic (exact) mass is 444 g/mol. The summed E-state index contributed by atoms with van der Waals surface area (Å²) in [6, 6.07) is 21.2. The van der Waals surface area contributed by atoms with Crippen molar-refractivity contribution in [3.8, 4) is 11.5 Å². The van der Waals surface area contributed by atoms with E-state index >= 15 is 0 Å². The molecule has 0 unspecified atom stereocenters. The van der Waals surface area contributed by atoms with E-state index < -0.39 is 0 Å². The van der Waals surface area contributed by atoms with Crippen LogP contribution in [0.15, 0.2) is 72.9 Å². The van der Waals surface area contributed by atoms with Gasteiger partial charge in [0, 0.05) is 38.8 Å². The van der Waals surface area contributed by atoms with Gasteiger partial charge in [0.15, 0.2) is 0 Å². The van der Waals surface area contributed by atoms with E-state index in [0.29, 0.717) is 23.7 Å². The van der Waals surface area contributed by atoms with Crippen molar-refractivity contribution in [1.82, 2.24) is 4.57 Å². The van der Waals surface area contributed by atoms with E-state index in [0.717, 1.165) is 39.2 Å². The van der Waals surface area contributed by atoms with Crippen molar-refractivity contribution >= 4 is 45.7 Å². The number of halogens is 1. The molecular weight excluding hydrogens is 424 g/mol. The Bertz CT molecular complexity index is 1340. The first-order valence-electron chi connectivity index (χ1n) is 10.3. The molecule has 1 N–H and O–H groups in total. The highest BCUT2D eigenvalue weighted by atomic mass is 35.5. The van der Waals surface area contributed by atoms with Crippen LogP contribution in [0, 0.1) is 0 Å². The molecule has 0 atom stereocenters. The molecule has 2 heterocycles. The number of hydrogen-bond donors (Lipinski definition) is 1. The van der Waals surface area contributed by atoms with Crippen LogP contribution in [-0.4, -0.2) is 24.2 Å². The average molecular weight is 445 g/mol. The van der Waals surface area contributed by atoms with Crippen LogP contribution in [0.25, 0.3) is 22.6 Å². The largest absolute Gasteiger partial charge is 0.497 e. The predicted octanol–water partition coefficient (Wildman–Crippen LogP) is 5.88. The number of nitrogens with zero attached hydrogens (tertiary/aromatic N) is 1. The lowest BCUT2D eigenvalue weighted by Crippen LogP contribution is -2.07. The minimum Gasteiger partial charge on any atom is -0.497 e. The summed E-state index contributed by atoms with van der Waals surface area (Å²) in [5.41, 5.74) is 4.31. The number of carbonyl (C=O) groups is 1. The molecular formula is C26H21ClN2O3. The van der Waals surface area contributed by atoms with Gasteiger partial charge < -0.3 is 19.4 Å². The fraction of sp³-hybridized carbons (Fsp3) is 0.115. The van der Waals surface area contributed by atoms with Gasteiger partial charge in [-0.3, -0.25) is 4.79 Å². The minimum absolute atomic E-state index is 0.123. The molecule has 32 heavy (non-hydrogen) atoms. The van der Waals surface area contributed by atoms with Crippen molar-refractivity contribution in [3.05, 3.63) is 89.1 Å². The first kappa shape index (κ1) is 20.2. The molecule has 3 aromatic carbocycles. The standard InChI is InChI=1S/C26H21ClN2O3/c1-31-19-7-9-20(10-8-19)32-13-12-29-16-17(21-4-2-3-5-25(21)29)14-23-22-11-6-18(27)15-24(22)28-26(23)30/h2-11,14-16H,12-13H2,1H3,(H,28,30). The van der Waals surface area contributed by atoms with Gasteiger partial charge >= 0.3 is 0 Å². The Labute approximate surface area is 190 Å². The molecule has 1 amide bonds. The highest BCUT2D eigenvalue weighted by Gasteiger charge is 2.24. The zero-order valence-electron chi connectivity index (χ0n) is 17.5. The number of anilines is 1. The quantitative estimate of drug-likeness (QED) is 0.378. The number of benzene rings is 3. The first-order chi connectivity index (χ1) is 15.6. The lowest BCUT2D eigenvalue weighted by atomic mass is 10.0. The van der Waals surface area contributed by atoms with E-state index in [4.69, 9.17) is 21.1 Å². The number of hydrogen-bond acceptors (Lipinski definition) is 3. The molecule has 0 bridgehead atoms. The van der Waals surface area contributed by atoms with Gasteiger partial charge in [-0.2, -0.15) is 0 Å². The Morgan fingerprint density at radius 1 is 1.03 bits per heavy atom. The predicted molar refractivity (Wildman–Crippen MR) is 128 cm³/mol. The Morgan fingerprint density at radius 3 is 2.62 bits per heavy atom. The van der Waals surface area contributed by atoms with Crippen LogP contribution in [0.4, 0.5) is 5.69 Å². The van der Waals surface area contributed by atoms with Crippen molar-refractivity contribution in [2.24, 2.45) is 0 Å². The molecule has 5 rings (SSSR count). The summed E-state index contributed by atoms with van der Waals surface area (Å²) in [6.45, 7) is 1.19.